The highest BCUT2D eigenvalue weighted by Crippen LogP contribution is 2.07. The molecule has 2 aromatic rings. The number of nitrogens with zero attached hydrogens (tertiary/aromatic N) is 4. The van der Waals surface area contributed by atoms with Gasteiger partial charge in [-0.2, -0.15) is 15.0 Å². The molecule has 0 bridgehead atoms. The summed E-state index contributed by atoms with van der Waals surface area (Å²) in [5.74, 6) is 0. The first-order valence-corrected chi connectivity index (χ1v) is 4.69. The molecule has 0 saturated carbocycles. The number of benzene rings is 1. The molecule has 1 aromatic heterocycles. The van der Waals surface area contributed by atoms with Crippen LogP contribution < -0.4 is 0 Å². The van der Waals surface area contributed by atoms with Crippen molar-refractivity contribution in [1.29, 1.82) is 0 Å². The SMILES string of the molecule is [C-]#[N+]CCc1ccc(-n2nccn2)cc1. The van der Waals surface area contributed by atoms with Gasteiger partial charge in [0.2, 0.25) is 6.54 Å². The van der Waals surface area contributed by atoms with Crippen molar-refractivity contribution in [3.8, 4) is 5.69 Å². The van der Waals surface area contributed by atoms with Gasteiger partial charge in [0.1, 0.15) is 0 Å². The third-order valence-electron chi connectivity index (χ3n) is 2.10. The first-order chi connectivity index (χ1) is 7.40. The monoisotopic (exact) mass is 198 g/mol. The Hall–Kier alpha value is -2.15. The molecule has 74 valence electrons. The van der Waals surface area contributed by atoms with E-state index in [1.165, 1.54) is 5.56 Å². The highest BCUT2D eigenvalue weighted by molar-refractivity contribution is 5.32. The minimum Gasteiger partial charge on any atom is -0.317 e. The van der Waals surface area contributed by atoms with E-state index in [2.05, 4.69) is 15.0 Å². The molecule has 1 heterocycles. The lowest BCUT2D eigenvalue weighted by Crippen LogP contribution is -1.98. The molecule has 0 amide bonds. The Balaban J connectivity index is 2.15. The van der Waals surface area contributed by atoms with E-state index >= 15 is 0 Å². The fourth-order valence-corrected chi connectivity index (χ4v) is 1.33. The summed E-state index contributed by atoms with van der Waals surface area (Å²) in [5, 5.41) is 8.07. The second-order valence-electron chi connectivity index (χ2n) is 3.12. The van der Waals surface area contributed by atoms with E-state index in [0.29, 0.717) is 6.54 Å². The van der Waals surface area contributed by atoms with Crippen LogP contribution in [0.5, 0.6) is 0 Å². The van der Waals surface area contributed by atoms with Crippen molar-refractivity contribution in [2.45, 2.75) is 6.42 Å². The number of aromatic nitrogens is 3. The fourth-order valence-electron chi connectivity index (χ4n) is 1.33. The predicted molar refractivity (Wildman–Crippen MR) is 56.5 cm³/mol. The summed E-state index contributed by atoms with van der Waals surface area (Å²) < 4.78 is 0. The van der Waals surface area contributed by atoms with Gasteiger partial charge in [0.15, 0.2) is 0 Å². The molecule has 0 aliphatic heterocycles. The van der Waals surface area contributed by atoms with Crippen molar-refractivity contribution in [3.63, 3.8) is 0 Å². The van der Waals surface area contributed by atoms with Gasteiger partial charge in [-0.1, -0.05) is 12.1 Å². The van der Waals surface area contributed by atoms with Crippen LogP contribution in [0.3, 0.4) is 0 Å². The summed E-state index contributed by atoms with van der Waals surface area (Å²) >= 11 is 0. The minimum absolute atomic E-state index is 0.541. The maximum Gasteiger partial charge on any atom is 0.218 e. The van der Waals surface area contributed by atoms with Crippen LogP contribution in [0.1, 0.15) is 5.56 Å². The van der Waals surface area contributed by atoms with Gasteiger partial charge in [0.05, 0.1) is 18.1 Å². The third-order valence-corrected chi connectivity index (χ3v) is 2.10. The summed E-state index contributed by atoms with van der Waals surface area (Å²) in [6.07, 6.45) is 4.09. The van der Waals surface area contributed by atoms with Crippen LogP contribution in [-0.4, -0.2) is 21.5 Å². The number of hydrogen-bond acceptors (Lipinski definition) is 2. The molecular formula is C11H10N4. The van der Waals surface area contributed by atoms with Crippen LogP contribution >= 0.6 is 0 Å². The molecule has 0 N–H and O–H groups in total. The summed E-state index contributed by atoms with van der Waals surface area (Å²) in [7, 11) is 0. The lowest BCUT2D eigenvalue weighted by Gasteiger charge is -2.00. The molecule has 0 saturated heterocycles. The zero-order valence-corrected chi connectivity index (χ0v) is 8.17. The molecule has 4 heteroatoms. The van der Waals surface area contributed by atoms with E-state index < -0.39 is 0 Å². The first-order valence-electron chi connectivity index (χ1n) is 4.69. The van der Waals surface area contributed by atoms with Gasteiger partial charge in [0, 0.05) is 6.42 Å². The van der Waals surface area contributed by atoms with E-state index in [9.17, 15) is 0 Å². The van der Waals surface area contributed by atoms with Crippen molar-refractivity contribution >= 4 is 0 Å². The lowest BCUT2D eigenvalue weighted by atomic mass is 10.1. The molecule has 1 aromatic carbocycles. The molecule has 15 heavy (non-hydrogen) atoms. The van der Waals surface area contributed by atoms with Crippen molar-refractivity contribution < 1.29 is 0 Å². The first kappa shape index (κ1) is 9.41. The molecule has 0 aliphatic rings. The molecule has 0 atom stereocenters. The predicted octanol–water partition coefficient (Wildman–Crippen LogP) is 1.73. The molecule has 4 nitrogen and oxygen atoms in total. The Morgan fingerprint density at radius 2 is 1.80 bits per heavy atom. The van der Waals surface area contributed by atoms with E-state index in [0.717, 1.165) is 12.1 Å². The van der Waals surface area contributed by atoms with E-state index in [1.54, 1.807) is 17.2 Å². The standard InChI is InChI=1S/C11H10N4/c1-12-7-6-10-2-4-11(5-3-10)15-13-8-9-14-15/h2-5,8-9H,6-7H2. The number of hydrogen-bond donors (Lipinski definition) is 0. The summed E-state index contributed by atoms with van der Waals surface area (Å²) in [5.41, 5.74) is 2.11. The van der Waals surface area contributed by atoms with Gasteiger partial charge < -0.3 is 4.85 Å². The van der Waals surface area contributed by atoms with Crippen molar-refractivity contribution in [1.82, 2.24) is 15.0 Å². The quantitative estimate of drug-likeness (QED) is 0.704. The van der Waals surface area contributed by atoms with Crippen molar-refractivity contribution in [3.05, 3.63) is 53.6 Å². The zero-order chi connectivity index (χ0) is 10.5. The van der Waals surface area contributed by atoms with E-state index in [4.69, 9.17) is 6.57 Å². The second-order valence-corrected chi connectivity index (χ2v) is 3.12. The Labute approximate surface area is 88.0 Å². The molecular weight excluding hydrogens is 188 g/mol. The Morgan fingerprint density at radius 1 is 1.13 bits per heavy atom. The highest BCUT2D eigenvalue weighted by Gasteiger charge is 1.98. The molecule has 2 rings (SSSR count). The Kier molecular flexibility index (Phi) is 2.75. The number of rotatable bonds is 3. The van der Waals surface area contributed by atoms with Crippen LogP contribution in [0.2, 0.25) is 0 Å². The van der Waals surface area contributed by atoms with Crippen LogP contribution in [0.15, 0.2) is 36.7 Å². The largest absolute Gasteiger partial charge is 0.317 e. The average molecular weight is 198 g/mol. The zero-order valence-electron chi connectivity index (χ0n) is 8.17. The van der Waals surface area contributed by atoms with Crippen molar-refractivity contribution in [2.24, 2.45) is 0 Å². The minimum atomic E-state index is 0.541. The smallest absolute Gasteiger partial charge is 0.218 e. The highest BCUT2D eigenvalue weighted by atomic mass is 15.5. The average Bonchev–Trinajstić information content (AvgIpc) is 2.80. The topological polar surface area (TPSA) is 35.1 Å². The summed E-state index contributed by atoms with van der Waals surface area (Å²) in [4.78, 5) is 4.89. The van der Waals surface area contributed by atoms with Gasteiger partial charge in [-0.15, -0.1) is 0 Å². The van der Waals surface area contributed by atoms with Crippen LogP contribution in [-0.2, 0) is 6.42 Å². The second kappa shape index (κ2) is 4.38. The van der Waals surface area contributed by atoms with E-state index in [1.807, 2.05) is 24.3 Å². The maximum absolute atomic E-state index is 6.71. The van der Waals surface area contributed by atoms with Crippen LogP contribution in [0.4, 0.5) is 0 Å². The Morgan fingerprint density at radius 3 is 2.40 bits per heavy atom. The van der Waals surface area contributed by atoms with Gasteiger partial charge in [-0.05, 0) is 17.7 Å². The third kappa shape index (κ3) is 2.20. The van der Waals surface area contributed by atoms with Gasteiger partial charge in [-0.25, -0.2) is 6.57 Å². The van der Waals surface area contributed by atoms with Gasteiger partial charge in [0.25, 0.3) is 0 Å². The maximum atomic E-state index is 6.71. The summed E-state index contributed by atoms with van der Waals surface area (Å²) in [6.45, 7) is 7.25. The molecule has 0 radical (unpaired) electrons. The van der Waals surface area contributed by atoms with Gasteiger partial charge >= 0.3 is 0 Å². The van der Waals surface area contributed by atoms with Gasteiger partial charge in [-0.3, -0.25) is 0 Å². The van der Waals surface area contributed by atoms with E-state index in [-0.39, 0.29) is 0 Å². The molecule has 0 fully saturated rings. The molecule has 0 unspecified atom stereocenters. The Bertz CT molecular complexity index is 450. The molecule has 0 aliphatic carbocycles. The van der Waals surface area contributed by atoms with Crippen LogP contribution in [0, 0.1) is 6.57 Å². The summed E-state index contributed by atoms with van der Waals surface area (Å²) in [6, 6.07) is 7.92. The fraction of sp³-hybridized carbons (Fsp3) is 0.182. The molecule has 0 spiro atoms. The lowest BCUT2D eigenvalue weighted by molar-refractivity contribution is 0.751. The van der Waals surface area contributed by atoms with Crippen molar-refractivity contribution in [2.75, 3.05) is 6.54 Å². The van der Waals surface area contributed by atoms with Crippen LogP contribution in [0.25, 0.3) is 10.5 Å². The normalized spacial score (nSPS) is 9.80.